The lowest BCUT2D eigenvalue weighted by Crippen LogP contribution is -2.48. The first-order valence-corrected chi connectivity index (χ1v) is 21.0. The molecule has 0 radical (unpaired) electrons. The van der Waals surface area contributed by atoms with Gasteiger partial charge in [0.1, 0.15) is 30.6 Å². The van der Waals surface area contributed by atoms with Crippen molar-refractivity contribution in [2.45, 2.75) is 130 Å². The summed E-state index contributed by atoms with van der Waals surface area (Å²) in [6, 6.07) is 23.5. The maximum absolute atomic E-state index is 13.7. The fourth-order valence-corrected chi connectivity index (χ4v) is 6.12. The van der Waals surface area contributed by atoms with E-state index in [9.17, 15) is 14.2 Å². The molecule has 0 fully saturated rings. The molecule has 0 spiro atoms. The fourth-order valence-electron chi connectivity index (χ4n) is 5.32. The predicted molar refractivity (Wildman–Crippen MR) is 213 cm³/mol. The molecule has 1 atom stereocenters. The fraction of sp³-hybridized carbons (Fsp3) is 0.524. The number of benzene rings is 3. The minimum Gasteiger partial charge on any atom is -0.494 e. The van der Waals surface area contributed by atoms with Gasteiger partial charge in [-0.1, -0.05) is 138 Å². The summed E-state index contributed by atoms with van der Waals surface area (Å²) in [6.45, 7) is 7.08. The Balaban J connectivity index is 1.52. The van der Waals surface area contributed by atoms with Gasteiger partial charge in [-0.05, 0) is 62.6 Å². The van der Waals surface area contributed by atoms with E-state index < -0.39 is 38.1 Å². The molecule has 13 heteroatoms. The normalized spacial score (nSPS) is 12.2. The van der Waals surface area contributed by atoms with Crippen LogP contribution in [0.2, 0.25) is 0 Å². The minimum atomic E-state index is -4.62. The summed E-state index contributed by atoms with van der Waals surface area (Å²) in [5.74, 6) is -0.00736. The van der Waals surface area contributed by atoms with E-state index >= 15 is 0 Å². The maximum atomic E-state index is 13.7. The Morgan fingerprint density at radius 3 is 1.65 bits per heavy atom. The summed E-state index contributed by atoms with van der Waals surface area (Å²) in [5.41, 5.74) is 1.03. The van der Waals surface area contributed by atoms with Crippen molar-refractivity contribution in [3.05, 3.63) is 96.1 Å². The van der Waals surface area contributed by atoms with Gasteiger partial charge < -0.3 is 20.1 Å². The third kappa shape index (κ3) is 21.2. The number of hydrogen-bond donors (Lipinski definition) is 2. The van der Waals surface area contributed by atoms with E-state index in [1.165, 1.54) is 64.2 Å². The molecule has 0 aliphatic heterocycles. The maximum Gasteiger partial charge on any atom is 0.529 e. The van der Waals surface area contributed by atoms with Crippen LogP contribution in [0.25, 0.3) is 0 Å². The zero-order valence-electron chi connectivity index (χ0n) is 33.0. The summed E-state index contributed by atoms with van der Waals surface area (Å²) in [5, 5.41) is 5.21. The zero-order valence-corrected chi connectivity index (χ0v) is 33.9. The summed E-state index contributed by atoms with van der Waals surface area (Å²) in [7, 11) is -4.62. The second-order valence-corrected chi connectivity index (χ2v) is 15.8. The molecule has 0 aliphatic carbocycles. The molecule has 0 bridgehead atoms. The van der Waals surface area contributed by atoms with Crippen molar-refractivity contribution < 1.29 is 47.3 Å². The Kier molecular flexibility index (Phi) is 21.7. The number of rotatable bonds is 28. The molecule has 2 amide bonds. The Bertz CT molecular complexity index is 1470. The molecule has 1 unspecified atom stereocenters. The lowest BCUT2D eigenvalue weighted by Gasteiger charge is -2.24. The predicted octanol–water partition coefficient (Wildman–Crippen LogP) is 11.0. The van der Waals surface area contributed by atoms with Crippen LogP contribution in [0, 0.1) is 0 Å². The number of hydrogen-bond acceptors (Lipinski definition) is 10. The van der Waals surface area contributed by atoms with Gasteiger partial charge >= 0.3 is 13.9 Å². The van der Waals surface area contributed by atoms with Gasteiger partial charge in [0, 0.05) is 5.69 Å². The Morgan fingerprint density at radius 2 is 1.16 bits per heavy atom. The van der Waals surface area contributed by atoms with Gasteiger partial charge in [0.2, 0.25) is 5.91 Å². The van der Waals surface area contributed by atoms with Crippen LogP contribution in [-0.2, 0) is 51.0 Å². The van der Waals surface area contributed by atoms with Crippen molar-refractivity contribution in [3.8, 4) is 5.75 Å². The van der Waals surface area contributed by atoms with E-state index in [0.717, 1.165) is 24.0 Å². The molecule has 0 saturated carbocycles. The highest BCUT2D eigenvalue weighted by atomic mass is 31.2. The van der Waals surface area contributed by atoms with Gasteiger partial charge in [0.15, 0.2) is 0 Å². The van der Waals surface area contributed by atoms with Crippen LogP contribution in [0.4, 0.5) is 10.5 Å². The molecule has 0 aromatic heterocycles. The quantitative estimate of drug-likeness (QED) is 0.0316. The summed E-state index contributed by atoms with van der Waals surface area (Å²) in [4.78, 5) is 36.6. The molecule has 0 saturated heterocycles. The molecule has 2 N–H and O–H groups in total. The monoisotopic (exact) mass is 784 g/mol. The van der Waals surface area contributed by atoms with Crippen LogP contribution in [0.1, 0.15) is 116 Å². The first kappa shape index (κ1) is 45.6. The molecule has 0 aliphatic rings. The molecule has 3 rings (SSSR count). The second-order valence-electron chi connectivity index (χ2n) is 14.3. The molecular formula is C42H61N2O10P. The van der Waals surface area contributed by atoms with Gasteiger partial charge in [-0.15, -0.1) is 9.35 Å². The number of phosphoric acid groups is 1. The van der Waals surface area contributed by atoms with Gasteiger partial charge in [0.25, 0.3) is 0 Å². The van der Waals surface area contributed by atoms with E-state index in [4.69, 9.17) is 33.1 Å². The SMILES string of the molecule is CCCCCCCCCCCCCCOc1ccc(NC(=O)C(COP(=O)(OOCc2ccccc2)OOCc2ccccc2)NC(=O)OC(C)(C)C)cc1. The molecular weight excluding hydrogens is 723 g/mol. The van der Waals surface area contributed by atoms with E-state index in [0.29, 0.717) is 18.0 Å². The number of ether oxygens (including phenoxy) is 2. The zero-order chi connectivity index (χ0) is 39.6. The van der Waals surface area contributed by atoms with Gasteiger partial charge in [0.05, 0.1) is 13.2 Å². The van der Waals surface area contributed by atoms with Crippen LogP contribution in [0.3, 0.4) is 0 Å². The number of nitrogens with one attached hydrogen (secondary N) is 2. The number of amides is 2. The highest BCUT2D eigenvalue weighted by molar-refractivity contribution is 7.48. The van der Waals surface area contributed by atoms with E-state index in [1.54, 1.807) is 93.6 Å². The largest absolute Gasteiger partial charge is 0.529 e. The van der Waals surface area contributed by atoms with Crippen LogP contribution < -0.4 is 15.4 Å². The lowest BCUT2D eigenvalue weighted by atomic mass is 10.1. The third-order valence-electron chi connectivity index (χ3n) is 8.22. The van der Waals surface area contributed by atoms with Crippen molar-refractivity contribution in [2.75, 3.05) is 18.5 Å². The lowest BCUT2D eigenvalue weighted by molar-refractivity contribution is -0.291. The summed E-state index contributed by atoms with van der Waals surface area (Å²) < 4.78 is 40.6. The number of anilines is 1. The number of carbonyl (C=O) groups is 2. The summed E-state index contributed by atoms with van der Waals surface area (Å²) in [6.07, 6.45) is 14.4. The van der Waals surface area contributed by atoms with Gasteiger partial charge in [-0.2, -0.15) is 0 Å². The Hall–Kier alpha value is -3.77. The number of unbranched alkanes of at least 4 members (excludes halogenated alkanes) is 11. The molecule has 3 aromatic rings. The topological polar surface area (TPSA) is 140 Å². The summed E-state index contributed by atoms with van der Waals surface area (Å²) >= 11 is 0. The van der Waals surface area contributed by atoms with Crippen LogP contribution in [0.5, 0.6) is 5.75 Å². The van der Waals surface area contributed by atoms with E-state index in [1.807, 2.05) is 12.1 Å². The van der Waals surface area contributed by atoms with E-state index in [-0.39, 0.29) is 13.2 Å². The molecule has 3 aromatic carbocycles. The van der Waals surface area contributed by atoms with Crippen LogP contribution in [0.15, 0.2) is 84.9 Å². The smallest absolute Gasteiger partial charge is 0.494 e. The van der Waals surface area contributed by atoms with Gasteiger partial charge in [-0.3, -0.25) is 9.32 Å². The number of alkyl carbamates (subject to hydrolysis) is 1. The molecule has 55 heavy (non-hydrogen) atoms. The average molecular weight is 785 g/mol. The van der Waals surface area contributed by atoms with Crippen LogP contribution in [-0.4, -0.2) is 36.9 Å². The first-order valence-electron chi connectivity index (χ1n) is 19.5. The van der Waals surface area contributed by atoms with Crippen molar-refractivity contribution >= 4 is 25.5 Å². The second kappa shape index (κ2) is 26.2. The Labute approximate surface area is 327 Å². The third-order valence-corrected chi connectivity index (χ3v) is 9.26. The standard InChI is InChI=1S/C42H61N2O10P/c1-5-6-7-8-9-10-11-12-13-14-15-22-31-48-38-29-27-37(28-30-38)43-40(45)39(44-41(46)52-42(2,3)4)34-51-55(47,53-49-32-35-23-18-16-19-24-35)54-50-33-36-25-20-17-21-26-36/h16-21,23-30,39H,5-15,22,31-34H2,1-4H3,(H,43,45)(H,44,46). The molecule has 304 valence electrons. The van der Waals surface area contributed by atoms with Crippen LogP contribution >= 0.6 is 7.82 Å². The molecule has 12 nitrogen and oxygen atoms in total. The van der Waals surface area contributed by atoms with Crippen molar-refractivity contribution in [2.24, 2.45) is 0 Å². The molecule has 0 heterocycles. The Morgan fingerprint density at radius 1 is 0.673 bits per heavy atom. The first-order chi connectivity index (χ1) is 26.5. The van der Waals surface area contributed by atoms with Crippen molar-refractivity contribution in [1.29, 1.82) is 0 Å². The van der Waals surface area contributed by atoms with Crippen molar-refractivity contribution in [3.63, 3.8) is 0 Å². The minimum absolute atomic E-state index is 0.0879. The number of carbonyl (C=O) groups excluding carboxylic acids is 2. The van der Waals surface area contributed by atoms with Crippen molar-refractivity contribution in [1.82, 2.24) is 5.32 Å². The highest BCUT2D eigenvalue weighted by Crippen LogP contribution is 2.50. The van der Waals surface area contributed by atoms with Gasteiger partial charge in [-0.25, -0.2) is 19.1 Å². The average Bonchev–Trinajstić information content (AvgIpc) is 3.16. The van der Waals surface area contributed by atoms with E-state index in [2.05, 4.69) is 17.6 Å². The highest BCUT2D eigenvalue weighted by Gasteiger charge is 2.35.